The number of carbonyl (C=O) groups is 2. The molecule has 8 nitrogen and oxygen atoms in total. The maximum atomic E-state index is 10.3. The number of carbonyl (C=O) groups excluding carboxylic acids is 2. The second-order valence-corrected chi connectivity index (χ2v) is 5.10. The van der Waals surface area contributed by atoms with Crippen LogP contribution in [-0.4, -0.2) is 67.1 Å². The highest BCUT2D eigenvalue weighted by molar-refractivity contribution is 5.66. The molecule has 0 aliphatic heterocycles. The van der Waals surface area contributed by atoms with E-state index in [0.717, 1.165) is 0 Å². The van der Waals surface area contributed by atoms with E-state index < -0.39 is 18.4 Å². The minimum Gasteiger partial charge on any atom is -0.465 e. The molecule has 1 saturated carbocycles. The topological polar surface area (TPSA) is 112 Å². The third-order valence-electron chi connectivity index (χ3n) is 2.67. The van der Waals surface area contributed by atoms with Gasteiger partial charge in [-0.3, -0.25) is 9.59 Å². The lowest BCUT2D eigenvalue weighted by molar-refractivity contribution is -0.172. The van der Waals surface area contributed by atoms with Gasteiger partial charge in [0, 0.05) is 21.0 Å². The van der Waals surface area contributed by atoms with E-state index in [2.05, 4.69) is 9.47 Å². The zero-order valence-corrected chi connectivity index (χ0v) is 13.6. The molecule has 4 unspecified atom stereocenters. The molecule has 4 atom stereocenters. The molecule has 130 valence electrons. The highest BCUT2D eigenvalue weighted by atomic mass is 16.6. The van der Waals surface area contributed by atoms with Crippen molar-refractivity contribution in [3.63, 3.8) is 0 Å². The van der Waals surface area contributed by atoms with Crippen LogP contribution in [0.25, 0.3) is 0 Å². The van der Waals surface area contributed by atoms with E-state index in [9.17, 15) is 9.59 Å². The minimum absolute atomic E-state index is 0.0242. The molecule has 0 bridgehead atoms. The van der Waals surface area contributed by atoms with Crippen LogP contribution in [0.5, 0.6) is 0 Å². The summed E-state index contributed by atoms with van der Waals surface area (Å²) in [6, 6.07) is 0. The molecular weight excluding hydrogens is 296 g/mol. The van der Waals surface area contributed by atoms with E-state index in [1.807, 2.05) is 0 Å². The summed E-state index contributed by atoms with van der Waals surface area (Å²) in [7, 11) is 1.53. The number of rotatable bonds is 7. The van der Waals surface area contributed by atoms with E-state index >= 15 is 0 Å². The van der Waals surface area contributed by atoms with Crippen molar-refractivity contribution >= 4 is 11.9 Å². The highest BCUT2D eigenvalue weighted by Crippen LogP contribution is 2.33. The Morgan fingerprint density at radius 2 is 1.68 bits per heavy atom. The number of aliphatic hydroxyl groups excluding tert-OH is 2. The summed E-state index contributed by atoms with van der Waals surface area (Å²) in [4.78, 5) is 20.6. The van der Waals surface area contributed by atoms with E-state index in [0.29, 0.717) is 0 Å². The van der Waals surface area contributed by atoms with Crippen LogP contribution in [0.15, 0.2) is 0 Å². The molecule has 2 N–H and O–H groups in total. The number of methoxy groups -OCH3 is 1. The summed E-state index contributed by atoms with van der Waals surface area (Å²) in [5, 5.41) is 18.1. The lowest BCUT2D eigenvalue weighted by atomic mass is 10.4. The molecule has 8 heteroatoms. The fraction of sp³-hybridized carbons (Fsp3) is 0.857. The number of ether oxygens (including phenoxy) is 4. The minimum atomic E-state index is -1.01. The molecule has 22 heavy (non-hydrogen) atoms. The average Bonchev–Trinajstić information content (AvgIpc) is 3.03. The molecule has 0 saturated heterocycles. The first kappa shape index (κ1) is 20.8. The Labute approximate surface area is 130 Å². The number of esters is 2. The van der Waals surface area contributed by atoms with Crippen molar-refractivity contribution in [3.05, 3.63) is 0 Å². The molecule has 0 heterocycles. The Morgan fingerprint density at radius 1 is 1.14 bits per heavy atom. The van der Waals surface area contributed by atoms with Gasteiger partial charge in [0.2, 0.25) is 0 Å². The summed E-state index contributed by atoms with van der Waals surface area (Å²) < 4.78 is 18.9. The number of hydrogen-bond donors (Lipinski definition) is 2. The van der Waals surface area contributed by atoms with E-state index in [-0.39, 0.29) is 37.3 Å². The number of aliphatic hydroxyl groups is 2. The first-order valence-electron chi connectivity index (χ1n) is 7.00. The van der Waals surface area contributed by atoms with Crippen LogP contribution >= 0.6 is 0 Å². The van der Waals surface area contributed by atoms with Gasteiger partial charge < -0.3 is 29.2 Å². The van der Waals surface area contributed by atoms with Gasteiger partial charge in [-0.15, -0.1) is 0 Å². The Kier molecular flexibility index (Phi) is 9.91. The monoisotopic (exact) mass is 322 g/mol. The Morgan fingerprint density at radius 3 is 2.05 bits per heavy atom. The van der Waals surface area contributed by atoms with Gasteiger partial charge in [0.25, 0.3) is 0 Å². The Balaban J connectivity index is 0.000000401. The lowest BCUT2D eigenvalue weighted by Crippen LogP contribution is -2.23. The standard InChI is InChI=1S/C7H12O4.C7H14O4/c1-4(8)11-3-5-6(9)7(5)10-2;1-5(2)11-7(9)4-10-6(3)8/h5-7,9H,3H2,1-2H3;5,7,9H,4H2,1-3H3. The second-order valence-electron chi connectivity index (χ2n) is 5.10. The third kappa shape index (κ3) is 9.67. The van der Waals surface area contributed by atoms with Crippen LogP contribution in [-0.2, 0) is 28.5 Å². The first-order chi connectivity index (χ1) is 10.2. The predicted molar refractivity (Wildman–Crippen MR) is 75.8 cm³/mol. The Hall–Kier alpha value is -1.22. The molecule has 1 fully saturated rings. The fourth-order valence-electron chi connectivity index (χ4n) is 1.59. The first-order valence-corrected chi connectivity index (χ1v) is 7.00. The SMILES string of the molecule is CC(=O)OCC(O)OC(C)C.COC1C(O)C1COC(C)=O. The van der Waals surface area contributed by atoms with E-state index in [1.165, 1.54) is 21.0 Å². The van der Waals surface area contributed by atoms with Crippen molar-refractivity contribution in [2.24, 2.45) is 5.92 Å². The van der Waals surface area contributed by atoms with Crippen molar-refractivity contribution < 1.29 is 38.7 Å². The maximum Gasteiger partial charge on any atom is 0.302 e. The zero-order valence-electron chi connectivity index (χ0n) is 13.6. The zero-order chi connectivity index (χ0) is 17.3. The predicted octanol–water partition coefficient (Wildman–Crippen LogP) is -0.152. The van der Waals surface area contributed by atoms with Gasteiger partial charge in [-0.1, -0.05) is 0 Å². The normalized spacial score (nSPS) is 24.1. The summed E-state index contributed by atoms with van der Waals surface area (Å²) in [6.45, 7) is 6.36. The van der Waals surface area contributed by atoms with Crippen LogP contribution in [0.2, 0.25) is 0 Å². The maximum absolute atomic E-state index is 10.3. The highest BCUT2D eigenvalue weighted by Gasteiger charge is 2.50. The molecule has 0 spiro atoms. The van der Waals surface area contributed by atoms with Crippen LogP contribution in [0.3, 0.4) is 0 Å². The molecule has 1 rings (SSSR count). The largest absolute Gasteiger partial charge is 0.465 e. The van der Waals surface area contributed by atoms with Gasteiger partial charge in [-0.05, 0) is 13.8 Å². The van der Waals surface area contributed by atoms with Crippen molar-refractivity contribution in [2.45, 2.75) is 52.3 Å². The summed E-state index contributed by atoms with van der Waals surface area (Å²) in [6.07, 6.45) is -1.69. The Bertz CT molecular complexity index is 344. The van der Waals surface area contributed by atoms with Crippen LogP contribution in [0, 0.1) is 5.92 Å². The summed E-state index contributed by atoms with van der Waals surface area (Å²) in [5.41, 5.74) is 0. The van der Waals surface area contributed by atoms with Crippen molar-refractivity contribution in [3.8, 4) is 0 Å². The molecule has 0 aromatic rings. The number of hydrogen-bond acceptors (Lipinski definition) is 8. The molecule has 0 aromatic heterocycles. The van der Waals surface area contributed by atoms with E-state index in [4.69, 9.17) is 19.7 Å². The molecule has 0 aromatic carbocycles. The van der Waals surface area contributed by atoms with Crippen molar-refractivity contribution in [2.75, 3.05) is 20.3 Å². The van der Waals surface area contributed by atoms with Gasteiger partial charge >= 0.3 is 11.9 Å². The van der Waals surface area contributed by atoms with Crippen LogP contribution < -0.4 is 0 Å². The van der Waals surface area contributed by atoms with Gasteiger partial charge in [0.05, 0.1) is 30.8 Å². The summed E-state index contributed by atoms with van der Waals surface area (Å²) >= 11 is 0. The van der Waals surface area contributed by atoms with Crippen molar-refractivity contribution in [1.82, 2.24) is 0 Å². The molecule has 1 aliphatic carbocycles. The van der Waals surface area contributed by atoms with Gasteiger partial charge in [-0.25, -0.2) is 0 Å². The third-order valence-corrected chi connectivity index (χ3v) is 2.67. The molecule has 0 radical (unpaired) electrons. The van der Waals surface area contributed by atoms with Crippen LogP contribution in [0.1, 0.15) is 27.7 Å². The molecular formula is C14H26O8. The second kappa shape index (κ2) is 10.5. The van der Waals surface area contributed by atoms with Gasteiger partial charge in [0.15, 0.2) is 6.29 Å². The average molecular weight is 322 g/mol. The van der Waals surface area contributed by atoms with Gasteiger partial charge in [-0.2, -0.15) is 0 Å². The molecule has 1 aliphatic rings. The van der Waals surface area contributed by atoms with Gasteiger partial charge in [0.1, 0.15) is 6.61 Å². The molecule has 0 amide bonds. The van der Waals surface area contributed by atoms with E-state index in [1.54, 1.807) is 13.8 Å². The fourth-order valence-corrected chi connectivity index (χ4v) is 1.59. The smallest absolute Gasteiger partial charge is 0.302 e. The van der Waals surface area contributed by atoms with Crippen molar-refractivity contribution in [1.29, 1.82) is 0 Å². The summed E-state index contributed by atoms with van der Waals surface area (Å²) in [5.74, 6) is -0.765. The quantitative estimate of drug-likeness (QED) is 0.491. The lowest BCUT2D eigenvalue weighted by Gasteiger charge is -2.13. The van der Waals surface area contributed by atoms with Crippen LogP contribution in [0.4, 0.5) is 0 Å².